The Bertz CT molecular complexity index is 1370. The van der Waals surface area contributed by atoms with Crippen molar-refractivity contribution in [1.29, 1.82) is 0 Å². The molecule has 6 nitrogen and oxygen atoms in total. The van der Waals surface area contributed by atoms with Crippen LogP contribution >= 0.6 is 0 Å². The van der Waals surface area contributed by atoms with Crippen molar-refractivity contribution in [3.63, 3.8) is 0 Å². The summed E-state index contributed by atoms with van der Waals surface area (Å²) in [6.45, 7) is 4.49. The van der Waals surface area contributed by atoms with E-state index >= 15 is 0 Å². The van der Waals surface area contributed by atoms with Gasteiger partial charge in [-0.2, -0.15) is 0 Å². The Labute approximate surface area is 263 Å². The Hall–Kier alpha value is -3.93. The molecule has 4 aromatic rings. The minimum atomic E-state index is -0.412. The number of hydrogen-bond donors (Lipinski definition) is 0. The molecule has 2 aromatic heterocycles. The fraction of sp³-hybridized carbons (Fsp3) is 0.447. The van der Waals surface area contributed by atoms with E-state index in [9.17, 15) is 4.79 Å². The summed E-state index contributed by atoms with van der Waals surface area (Å²) < 4.78 is 5.61. The molecular weight excluding hydrogens is 544 g/mol. The molecule has 44 heavy (non-hydrogen) atoms. The second-order valence-electron chi connectivity index (χ2n) is 11.7. The largest absolute Gasteiger partial charge is 0.423 e. The van der Waals surface area contributed by atoms with Gasteiger partial charge in [-0.25, -0.2) is 24.7 Å². The molecule has 0 saturated carbocycles. The van der Waals surface area contributed by atoms with E-state index in [0.717, 1.165) is 29.5 Å². The van der Waals surface area contributed by atoms with Crippen LogP contribution in [-0.2, 0) is 12.8 Å². The number of hydrogen-bond acceptors (Lipinski definition) is 6. The standard InChI is InChI=1S/C38H48N4O2/c1-3-5-7-9-10-11-13-15-17-31-28-41-37(42-29-31)33-22-24-35(25-23-33)44-38(43)34-20-18-32(19-21-34)36-39-26-30(27-40-36)16-14-12-8-6-4-2/h18-29H,3-17H2,1-2H3. The summed E-state index contributed by atoms with van der Waals surface area (Å²) in [5.74, 6) is 1.38. The third-order valence-electron chi connectivity index (χ3n) is 8.00. The van der Waals surface area contributed by atoms with Crippen molar-refractivity contribution < 1.29 is 9.53 Å². The number of carbonyl (C=O) groups excluding carboxylic acids is 1. The Morgan fingerprint density at radius 2 is 0.909 bits per heavy atom. The summed E-state index contributed by atoms with van der Waals surface area (Å²) in [6.07, 6.45) is 26.5. The molecule has 2 aromatic carbocycles. The summed E-state index contributed by atoms with van der Waals surface area (Å²) in [5, 5.41) is 0. The molecule has 0 radical (unpaired) electrons. The third-order valence-corrected chi connectivity index (χ3v) is 8.00. The number of unbranched alkanes of at least 4 members (excludes halogenated alkanes) is 11. The molecule has 2 heterocycles. The number of aryl methyl sites for hydroxylation is 2. The Morgan fingerprint density at radius 1 is 0.523 bits per heavy atom. The van der Waals surface area contributed by atoms with Crippen molar-refractivity contribution in [2.24, 2.45) is 0 Å². The maximum atomic E-state index is 12.8. The number of ether oxygens (including phenoxy) is 1. The van der Waals surface area contributed by atoms with Gasteiger partial charge in [0, 0.05) is 35.9 Å². The van der Waals surface area contributed by atoms with Gasteiger partial charge >= 0.3 is 5.97 Å². The summed E-state index contributed by atoms with van der Waals surface area (Å²) in [7, 11) is 0. The van der Waals surface area contributed by atoms with Crippen molar-refractivity contribution >= 4 is 5.97 Å². The SMILES string of the molecule is CCCCCCCCCCc1cnc(-c2ccc(OC(=O)c3ccc(-c4ncc(CCCCCCC)cn4)cc3)cc2)nc1. The molecule has 0 N–H and O–H groups in total. The molecule has 232 valence electrons. The van der Waals surface area contributed by atoms with Gasteiger partial charge in [-0.15, -0.1) is 0 Å². The Kier molecular flexibility index (Phi) is 14.0. The molecule has 6 heteroatoms. The second-order valence-corrected chi connectivity index (χ2v) is 11.7. The van der Waals surface area contributed by atoms with Crippen LogP contribution in [0, 0.1) is 0 Å². The van der Waals surface area contributed by atoms with Gasteiger partial charge in [0.15, 0.2) is 11.6 Å². The minimum absolute atomic E-state index is 0.412. The molecule has 0 saturated heterocycles. The van der Waals surface area contributed by atoms with Crippen LogP contribution in [0.25, 0.3) is 22.8 Å². The van der Waals surface area contributed by atoms with Crippen molar-refractivity contribution in [2.45, 2.75) is 110 Å². The fourth-order valence-electron chi connectivity index (χ4n) is 5.25. The molecule has 0 unspecified atom stereocenters. The van der Waals surface area contributed by atoms with Gasteiger partial charge < -0.3 is 4.74 Å². The van der Waals surface area contributed by atoms with Crippen LogP contribution in [0.15, 0.2) is 73.3 Å². The van der Waals surface area contributed by atoms with E-state index in [4.69, 9.17) is 4.74 Å². The molecule has 0 fully saturated rings. The maximum Gasteiger partial charge on any atom is 0.343 e. The highest BCUT2D eigenvalue weighted by molar-refractivity contribution is 5.91. The highest BCUT2D eigenvalue weighted by Gasteiger charge is 2.11. The number of benzene rings is 2. The van der Waals surface area contributed by atoms with Crippen LogP contribution in [-0.4, -0.2) is 25.9 Å². The quantitative estimate of drug-likeness (QED) is 0.0612. The van der Waals surface area contributed by atoms with E-state index in [1.807, 2.05) is 49.1 Å². The molecular formula is C38H48N4O2. The molecule has 0 aliphatic carbocycles. The smallest absolute Gasteiger partial charge is 0.343 e. The van der Waals surface area contributed by atoms with Crippen molar-refractivity contribution in [3.8, 4) is 28.5 Å². The van der Waals surface area contributed by atoms with Crippen LogP contribution in [0.4, 0.5) is 0 Å². The Balaban J connectivity index is 1.21. The monoisotopic (exact) mass is 592 g/mol. The predicted molar refractivity (Wildman–Crippen MR) is 179 cm³/mol. The zero-order chi connectivity index (χ0) is 30.8. The zero-order valence-electron chi connectivity index (χ0n) is 26.6. The van der Waals surface area contributed by atoms with Crippen molar-refractivity contribution in [2.75, 3.05) is 0 Å². The molecule has 0 aliphatic rings. The van der Waals surface area contributed by atoms with Gasteiger partial charge in [0.2, 0.25) is 0 Å². The number of esters is 1. The molecule has 0 aliphatic heterocycles. The zero-order valence-corrected chi connectivity index (χ0v) is 26.6. The summed E-state index contributed by atoms with van der Waals surface area (Å²) in [5.41, 5.74) is 4.55. The first-order valence-corrected chi connectivity index (χ1v) is 16.7. The van der Waals surface area contributed by atoms with Crippen molar-refractivity contribution in [1.82, 2.24) is 19.9 Å². The number of nitrogens with zero attached hydrogens (tertiary/aromatic N) is 4. The molecule has 0 bridgehead atoms. The Morgan fingerprint density at radius 3 is 1.34 bits per heavy atom. The van der Waals surface area contributed by atoms with Gasteiger partial charge in [-0.3, -0.25) is 0 Å². The molecule has 0 atom stereocenters. The highest BCUT2D eigenvalue weighted by Crippen LogP contribution is 2.22. The molecule has 0 spiro atoms. The molecule has 4 rings (SSSR count). The normalized spacial score (nSPS) is 11.0. The van der Waals surface area contributed by atoms with E-state index in [1.54, 1.807) is 24.3 Å². The van der Waals surface area contributed by atoms with Crippen LogP contribution in [0.1, 0.15) is 119 Å². The summed E-state index contributed by atoms with van der Waals surface area (Å²) in [4.78, 5) is 31.0. The van der Waals surface area contributed by atoms with E-state index in [2.05, 4.69) is 33.8 Å². The van der Waals surface area contributed by atoms with Crippen LogP contribution in [0.2, 0.25) is 0 Å². The first-order valence-electron chi connectivity index (χ1n) is 16.7. The lowest BCUT2D eigenvalue weighted by Gasteiger charge is -2.07. The minimum Gasteiger partial charge on any atom is -0.423 e. The van der Waals surface area contributed by atoms with E-state index in [1.165, 1.54) is 89.0 Å². The average Bonchev–Trinajstić information content (AvgIpc) is 3.07. The topological polar surface area (TPSA) is 77.9 Å². The first kappa shape index (κ1) is 33.0. The van der Waals surface area contributed by atoms with Crippen molar-refractivity contribution in [3.05, 3.63) is 90.0 Å². The first-order chi connectivity index (χ1) is 21.7. The van der Waals surface area contributed by atoms with Gasteiger partial charge in [0.1, 0.15) is 5.75 Å². The van der Waals surface area contributed by atoms with E-state index in [0.29, 0.717) is 23.0 Å². The second kappa shape index (κ2) is 18.7. The number of rotatable bonds is 19. The predicted octanol–water partition coefficient (Wildman–Crippen LogP) is 10.0. The lowest BCUT2D eigenvalue weighted by Crippen LogP contribution is -2.08. The number of aromatic nitrogens is 4. The average molecular weight is 593 g/mol. The highest BCUT2D eigenvalue weighted by atomic mass is 16.5. The van der Waals surface area contributed by atoms with Gasteiger partial charge in [-0.1, -0.05) is 96.6 Å². The summed E-state index contributed by atoms with van der Waals surface area (Å²) in [6, 6.07) is 14.5. The van der Waals surface area contributed by atoms with E-state index in [-0.39, 0.29) is 0 Å². The lowest BCUT2D eigenvalue weighted by molar-refractivity contribution is 0.0735. The molecule has 0 amide bonds. The third kappa shape index (κ3) is 11.0. The number of carbonyl (C=O) groups is 1. The van der Waals surface area contributed by atoms with Crippen LogP contribution in [0.5, 0.6) is 5.75 Å². The van der Waals surface area contributed by atoms with Gasteiger partial charge in [0.25, 0.3) is 0 Å². The maximum absolute atomic E-state index is 12.8. The lowest BCUT2D eigenvalue weighted by atomic mass is 10.1. The van der Waals surface area contributed by atoms with Crippen LogP contribution < -0.4 is 4.74 Å². The van der Waals surface area contributed by atoms with E-state index < -0.39 is 5.97 Å². The summed E-state index contributed by atoms with van der Waals surface area (Å²) >= 11 is 0. The van der Waals surface area contributed by atoms with Gasteiger partial charge in [-0.05, 0) is 73.2 Å². The van der Waals surface area contributed by atoms with Crippen LogP contribution in [0.3, 0.4) is 0 Å². The van der Waals surface area contributed by atoms with Gasteiger partial charge in [0.05, 0.1) is 5.56 Å². The fourth-order valence-corrected chi connectivity index (χ4v) is 5.25.